The second kappa shape index (κ2) is 8.61. The van der Waals surface area contributed by atoms with E-state index >= 15 is 0 Å². The third kappa shape index (κ3) is 4.05. The summed E-state index contributed by atoms with van der Waals surface area (Å²) in [4.78, 5) is 5.20. The van der Waals surface area contributed by atoms with Gasteiger partial charge < -0.3 is 5.32 Å². The van der Waals surface area contributed by atoms with Crippen molar-refractivity contribution >= 4 is 17.1 Å². The molecule has 0 spiro atoms. The second-order valence-corrected chi connectivity index (χ2v) is 9.79. The Kier molecular flexibility index (Phi) is 5.61. The van der Waals surface area contributed by atoms with Crippen LogP contribution in [0.1, 0.15) is 50.1 Å². The number of benzene rings is 4. The summed E-state index contributed by atoms with van der Waals surface area (Å²) in [5.41, 5.74) is 17.3. The molecular weight excluding hydrogens is 412 g/mol. The Morgan fingerprint density at radius 2 is 1.24 bits per heavy atom. The van der Waals surface area contributed by atoms with Gasteiger partial charge in [-0.3, -0.25) is 4.99 Å². The van der Waals surface area contributed by atoms with Crippen LogP contribution in [-0.2, 0) is 6.54 Å². The number of hydrogen-bond donors (Lipinski definition) is 1. The number of aliphatic imine (C=N–C) groups is 1. The van der Waals surface area contributed by atoms with E-state index in [1.54, 1.807) is 0 Å². The zero-order chi connectivity index (χ0) is 24.0. The van der Waals surface area contributed by atoms with Gasteiger partial charge in [0.2, 0.25) is 0 Å². The molecule has 5 rings (SSSR count). The lowest BCUT2D eigenvalue weighted by atomic mass is 9.87. The molecule has 0 unspecified atom stereocenters. The van der Waals surface area contributed by atoms with Crippen LogP contribution in [-0.4, -0.2) is 5.71 Å². The molecule has 0 atom stereocenters. The van der Waals surface area contributed by atoms with Gasteiger partial charge in [-0.2, -0.15) is 0 Å². The Morgan fingerprint density at radius 1 is 0.588 bits per heavy atom. The fourth-order valence-electron chi connectivity index (χ4n) is 5.14. The van der Waals surface area contributed by atoms with Crippen LogP contribution in [0.5, 0.6) is 0 Å². The Balaban J connectivity index is 1.67. The Bertz CT molecular complexity index is 1420. The van der Waals surface area contributed by atoms with Crippen molar-refractivity contribution in [3.8, 4) is 11.1 Å². The van der Waals surface area contributed by atoms with E-state index in [4.69, 9.17) is 4.99 Å². The number of anilines is 2. The van der Waals surface area contributed by atoms with Gasteiger partial charge in [-0.15, -0.1) is 0 Å². The highest BCUT2D eigenvalue weighted by molar-refractivity contribution is 6.18. The zero-order valence-electron chi connectivity index (χ0n) is 21.0. The van der Waals surface area contributed by atoms with Gasteiger partial charge in [-0.05, 0) is 122 Å². The van der Waals surface area contributed by atoms with Crippen molar-refractivity contribution in [2.24, 2.45) is 4.99 Å². The summed E-state index contributed by atoms with van der Waals surface area (Å²) in [7, 11) is 0. The lowest BCUT2D eigenvalue weighted by molar-refractivity contribution is 1.08. The van der Waals surface area contributed by atoms with Gasteiger partial charge in [-0.25, -0.2) is 0 Å². The molecule has 2 heteroatoms. The molecule has 0 aliphatic carbocycles. The molecule has 0 fully saturated rings. The van der Waals surface area contributed by atoms with E-state index in [0.29, 0.717) is 6.54 Å². The average Bonchev–Trinajstić information content (AvgIpc) is 2.91. The van der Waals surface area contributed by atoms with E-state index in [0.717, 1.165) is 17.1 Å². The summed E-state index contributed by atoms with van der Waals surface area (Å²) < 4.78 is 0. The summed E-state index contributed by atoms with van der Waals surface area (Å²) >= 11 is 0. The molecule has 2 nitrogen and oxygen atoms in total. The van der Waals surface area contributed by atoms with E-state index in [2.05, 4.69) is 114 Å². The van der Waals surface area contributed by atoms with Gasteiger partial charge in [0.15, 0.2) is 0 Å². The van der Waals surface area contributed by atoms with Crippen LogP contribution in [0.2, 0.25) is 0 Å². The molecule has 0 radical (unpaired) electrons. The van der Waals surface area contributed by atoms with Gasteiger partial charge in [-0.1, -0.05) is 36.4 Å². The highest BCUT2D eigenvalue weighted by Crippen LogP contribution is 2.37. The van der Waals surface area contributed by atoms with E-state index < -0.39 is 0 Å². The third-order valence-electron chi connectivity index (χ3n) is 6.92. The lowest BCUT2D eigenvalue weighted by Crippen LogP contribution is -2.09. The van der Waals surface area contributed by atoms with E-state index in [-0.39, 0.29) is 0 Å². The maximum absolute atomic E-state index is 5.20. The predicted octanol–water partition coefficient (Wildman–Crippen LogP) is 8.30. The van der Waals surface area contributed by atoms with Crippen LogP contribution >= 0.6 is 0 Å². The van der Waals surface area contributed by atoms with Crippen molar-refractivity contribution in [3.05, 3.63) is 117 Å². The largest absolute Gasteiger partial charge is 0.355 e. The molecule has 1 aliphatic heterocycles. The van der Waals surface area contributed by atoms with E-state index in [1.807, 2.05) is 0 Å². The number of nitrogens with one attached hydrogen (secondary N) is 1. The van der Waals surface area contributed by atoms with Gasteiger partial charge in [0.1, 0.15) is 0 Å². The molecule has 170 valence electrons. The Labute approximate surface area is 203 Å². The van der Waals surface area contributed by atoms with Crippen LogP contribution in [0, 0.1) is 41.5 Å². The van der Waals surface area contributed by atoms with Gasteiger partial charge >= 0.3 is 0 Å². The smallest absolute Gasteiger partial charge is 0.0734 e. The maximum atomic E-state index is 5.20. The molecule has 1 aliphatic rings. The minimum Gasteiger partial charge on any atom is -0.355 e. The molecule has 0 saturated heterocycles. The molecule has 4 aromatic carbocycles. The molecule has 34 heavy (non-hydrogen) atoms. The predicted molar refractivity (Wildman–Crippen MR) is 146 cm³/mol. The van der Waals surface area contributed by atoms with Gasteiger partial charge in [0.05, 0.1) is 12.3 Å². The maximum Gasteiger partial charge on any atom is 0.0734 e. The number of nitrogens with zero attached hydrogens (tertiary/aromatic N) is 1. The van der Waals surface area contributed by atoms with Crippen molar-refractivity contribution < 1.29 is 0 Å². The first-order chi connectivity index (χ1) is 16.3. The molecular formula is C32H32N2. The first-order valence-corrected chi connectivity index (χ1v) is 12.0. The lowest BCUT2D eigenvalue weighted by Gasteiger charge is -2.18. The van der Waals surface area contributed by atoms with Crippen LogP contribution in [0.4, 0.5) is 11.4 Å². The van der Waals surface area contributed by atoms with Crippen LogP contribution in [0.25, 0.3) is 11.1 Å². The molecule has 4 aromatic rings. The zero-order valence-corrected chi connectivity index (χ0v) is 21.0. The van der Waals surface area contributed by atoms with E-state index in [1.165, 1.54) is 61.2 Å². The summed E-state index contributed by atoms with van der Waals surface area (Å²) in [5.74, 6) is 0. The normalized spacial score (nSPS) is 12.5. The molecule has 0 bridgehead atoms. The molecule has 1 heterocycles. The minimum atomic E-state index is 0.676. The Hall–Kier alpha value is -3.65. The molecule has 0 saturated carbocycles. The number of fused-ring (bicyclic) bond motifs is 3. The number of rotatable bonds is 3. The Morgan fingerprint density at radius 3 is 1.91 bits per heavy atom. The topological polar surface area (TPSA) is 24.4 Å². The van der Waals surface area contributed by atoms with Crippen molar-refractivity contribution in [1.29, 1.82) is 0 Å². The average molecular weight is 445 g/mol. The summed E-state index contributed by atoms with van der Waals surface area (Å²) in [6, 6.07) is 24.5. The SMILES string of the molecule is Cc1cc(C)cc(Nc2ccc3c(c2)-c2cc(C)c(C)cc2C(c2c(C)cccc2C)=NC3)c1. The van der Waals surface area contributed by atoms with Crippen molar-refractivity contribution in [2.75, 3.05) is 5.32 Å². The van der Waals surface area contributed by atoms with Gasteiger partial charge in [0, 0.05) is 22.5 Å². The number of hydrogen-bond acceptors (Lipinski definition) is 2. The highest BCUT2D eigenvalue weighted by Gasteiger charge is 2.22. The fourth-order valence-corrected chi connectivity index (χ4v) is 5.14. The standard InChI is InChI=1S/C32H32N2/c1-19-12-20(2)14-27(13-19)34-26-11-10-25-18-33-32(31-21(3)8-7-9-22(31)4)30-16-24(6)23(5)15-29(30)28(25)17-26/h7-17,34H,18H2,1-6H3. The third-order valence-corrected chi connectivity index (χ3v) is 6.92. The monoisotopic (exact) mass is 444 g/mol. The van der Waals surface area contributed by atoms with Crippen LogP contribution in [0.3, 0.4) is 0 Å². The summed E-state index contributed by atoms with van der Waals surface area (Å²) in [5, 5.41) is 3.64. The minimum absolute atomic E-state index is 0.676. The molecule has 0 amide bonds. The van der Waals surface area contributed by atoms with Crippen LogP contribution < -0.4 is 5.32 Å². The number of aryl methyl sites for hydroxylation is 6. The summed E-state index contributed by atoms with van der Waals surface area (Å²) in [6.45, 7) is 13.7. The highest BCUT2D eigenvalue weighted by atomic mass is 14.9. The summed E-state index contributed by atoms with van der Waals surface area (Å²) in [6.07, 6.45) is 0. The fraction of sp³-hybridized carbons (Fsp3) is 0.219. The van der Waals surface area contributed by atoms with Gasteiger partial charge in [0.25, 0.3) is 0 Å². The first-order valence-electron chi connectivity index (χ1n) is 12.0. The van der Waals surface area contributed by atoms with E-state index in [9.17, 15) is 0 Å². The molecule has 1 N–H and O–H groups in total. The quantitative estimate of drug-likeness (QED) is 0.338. The van der Waals surface area contributed by atoms with Crippen molar-refractivity contribution in [1.82, 2.24) is 0 Å². The second-order valence-electron chi connectivity index (χ2n) is 9.79. The van der Waals surface area contributed by atoms with Crippen molar-refractivity contribution in [2.45, 2.75) is 48.1 Å². The molecule has 0 aromatic heterocycles. The first kappa shape index (κ1) is 22.2. The van der Waals surface area contributed by atoms with Crippen LogP contribution in [0.15, 0.2) is 71.7 Å². The van der Waals surface area contributed by atoms with Crippen molar-refractivity contribution in [3.63, 3.8) is 0 Å².